The molecule has 19 heavy (non-hydrogen) atoms. The molecule has 0 saturated heterocycles. The molecule has 0 bridgehead atoms. The summed E-state index contributed by atoms with van der Waals surface area (Å²) in [6.07, 6.45) is 0. The van der Waals surface area contributed by atoms with Crippen LogP contribution in [0.3, 0.4) is 0 Å². The highest BCUT2D eigenvalue weighted by molar-refractivity contribution is 7.98. The zero-order valence-corrected chi connectivity index (χ0v) is 11.5. The summed E-state index contributed by atoms with van der Waals surface area (Å²) in [6.45, 7) is 0.457. The van der Waals surface area contributed by atoms with Crippen LogP contribution in [-0.2, 0) is 12.3 Å². The van der Waals surface area contributed by atoms with Crippen LogP contribution in [0, 0.1) is 5.82 Å². The third-order valence-electron chi connectivity index (χ3n) is 2.78. The van der Waals surface area contributed by atoms with E-state index < -0.39 is 0 Å². The summed E-state index contributed by atoms with van der Waals surface area (Å²) in [6, 6.07) is 12.5. The zero-order chi connectivity index (χ0) is 13.7. The van der Waals surface area contributed by atoms with Crippen molar-refractivity contribution < 1.29 is 9.13 Å². The number of hydrogen-bond donors (Lipinski definition) is 1. The fourth-order valence-electron chi connectivity index (χ4n) is 1.78. The molecular formula is C15H16FNOS. The molecule has 0 spiro atoms. The molecule has 0 heterocycles. The van der Waals surface area contributed by atoms with Gasteiger partial charge in [-0.1, -0.05) is 6.07 Å². The number of halogens is 1. The van der Waals surface area contributed by atoms with Crippen LogP contribution >= 0.6 is 11.8 Å². The predicted molar refractivity (Wildman–Crippen MR) is 76.8 cm³/mol. The van der Waals surface area contributed by atoms with Crippen LogP contribution in [0.5, 0.6) is 5.75 Å². The maximum Gasteiger partial charge on any atom is 0.123 e. The molecule has 2 N–H and O–H groups in total. The standard InChI is InChI=1S/C15H16FNOS/c1-18-15-7-2-11(8-12(15)9-17)10-19-14-5-3-13(16)4-6-14/h2-8H,9-10,17H2,1H3. The smallest absolute Gasteiger partial charge is 0.123 e. The molecule has 2 rings (SSSR count). The number of rotatable bonds is 5. The Morgan fingerprint density at radius 1 is 1.16 bits per heavy atom. The van der Waals surface area contributed by atoms with E-state index in [4.69, 9.17) is 10.5 Å². The lowest BCUT2D eigenvalue weighted by Gasteiger charge is -2.09. The first-order valence-corrected chi connectivity index (χ1v) is 6.95. The quantitative estimate of drug-likeness (QED) is 0.848. The fourth-order valence-corrected chi connectivity index (χ4v) is 2.62. The first-order valence-electron chi connectivity index (χ1n) is 5.97. The Hall–Kier alpha value is -1.52. The molecule has 2 nitrogen and oxygen atoms in total. The second-order valence-electron chi connectivity index (χ2n) is 4.09. The van der Waals surface area contributed by atoms with Crippen molar-refractivity contribution in [2.75, 3.05) is 7.11 Å². The number of ether oxygens (including phenoxy) is 1. The normalized spacial score (nSPS) is 10.5. The Bertz CT molecular complexity index is 542. The predicted octanol–water partition coefficient (Wildman–Crippen LogP) is 3.59. The largest absolute Gasteiger partial charge is 0.496 e. The lowest BCUT2D eigenvalue weighted by molar-refractivity contribution is 0.409. The number of methoxy groups -OCH3 is 1. The minimum Gasteiger partial charge on any atom is -0.496 e. The van der Waals surface area contributed by atoms with Crippen LogP contribution in [0.4, 0.5) is 4.39 Å². The van der Waals surface area contributed by atoms with E-state index in [2.05, 4.69) is 6.07 Å². The van der Waals surface area contributed by atoms with Crippen molar-refractivity contribution in [2.24, 2.45) is 5.73 Å². The molecule has 0 aliphatic heterocycles. The Morgan fingerprint density at radius 3 is 2.53 bits per heavy atom. The molecule has 2 aromatic carbocycles. The van der Waals surface area contributed by atoms with Crippen LogP contribution in [0.15, 0.2) is 47.4 Å². The maximum absolute atomic E-state index is 12.8. The molecule has 100 valence electrons. The van der Waals surface area contributed by atoms with E-state index in [-0.39, 0.29) is 5.82 Å². The van der Waals surface area contributed by atoms with Gasteiger partial charge in [-0.2, -0.15) is 0 Å². The van der Waals surface area contributed by atoms with Gasteiger partial charge in [0.1, 0.15) is 11.6 Å². The fraction of sp³-hybridized carbons (Fsp3) is 0.200. The van der Waals surface area contributed by atoms with E-state index in [0.717, 1.165) is 22.0 Å². The third-order valence-corrected chi connectivity index (χ3v) is 3.87. The Balaban J connectivity index is 2.05. The third kappa shape index (κ3) is 3.72. The minimum absolute atomic E-state index is 0.209. The van der Waals surface area contributed by atoms with Crippen molar-refractivity contribution in [3.8, 4) is 5.75 Å². The van der Waals surface area contributed by atoms with E-state index in [1.807, 2.05) is 12.1 Å². The molecule has 2 aromatic rings. The molecule has 0 unspecified atom stereocenters. The minimum atomic E-state index is -0.209. The second kappa shape index (κ2) is 6.59. The Labute approximate surface area is 116 Å². The molecular weight excluding hydrogens is 261 g/mol. The summed E-state index contributed by atoms with van der Waals surface area (Å²) in [5, 5.41) is 0. The van der Waals surface area contributed by atoms with Crippen LogP contribution in [0.25, 0.3) is 0 Å². The lowest BCUT2D eigenvalue weighted by atomic mass is 10.1. The summed E-state index contributed by atoms with van der Waals surface area (Å²) < 4.78 is 18.0. The van der Waals surface area contributed by atoms with E-state index >= 15 is 0 Å². The van der Waals surface area contributed by atoms with E-state index in [0.29, 0.717) is 6.54 Å². The zero-order valence-electron chi connectivity index (χ0n) is 10.7. The molecule has 0 aromatic heterocycles. The highest BCUT2D eigenvalue weighted by atomic mass is 32.2. The molecule has 0 aliphatic carbocycles. The van der Waals surface area contributed by atoms with Gasteiger partial charge in [0.25, 0.3) is 0 Å². The molecule has 4 heteroatoms. The van der Waals surface area contributed by atoms with Gasteiger partial charge in [0.15, 0.2) is 0 Å². The Kier molecular flexibility index (Phi) is 4.82. The van der Waals surface area contributed by atoms with Gasteiger partial charge in [0.05, 0.1) is 7.11 Å². The van der Waals surface area contributed by atoms with Gasteiger partial charge in [-0.15, -0.1) is 11.8 Å². The monoisotopic (exact) mass is 277 g/mol. The topological polar surface area (TPSA) is 35.2 Å². The summed E-state index contributed by atoms with van der Waals surface area (Å²) in [5.41, 5.74) is 7.87. The lowest BCUT2D eigenvalue weighted by Crippen LogP contribution is -2.00. The Morgan fingerprint density at radius 2 is 1.89 bits per heavy atom. The van der Waals surface area contributed by atoms with Gasteiger partial charge < -0.3 is 10.5 Å². The maximum atomic E-state index is 12.8. The van der Waals surface area contributed by atoms with Gasteiger partial charge in [-0.05, 0) is 42.0 Å². The number of thioether (sulfide) groups is 1. The van der Waals surface area contributed by atoms with Gasteiger partial charge in [-0.3, -0.25) is 0 Å². The van der Waals surface area contributed by atoms with Crippen LogP contribution in [0.1, 0.15) is 11.1 Å². The van der Waals surface area contributed by atoms with Crippen molar-refractivity contribution in [3.05, 3.63) is 59.4 Å². The van der Waals surface area contributed by atoms with E-state index in [1.54, 1.807) is 31.0 Å². The molecule has 0 atom stereocenters. The summed E-state index contributed by atoms with van der Waals surface area (Å²) in [7, 11) is 1.64. The van der Waals surface area contributed by atoms with Crippen molar-refractivity contribution in [1.82, 2.24) is 0 Å². The number of benzene rings is 2. The molecule has 0 radical (unpaired) electrons. The number of nitrogens with two attached hydrogens (primary N) is 1. The number of hydrogen-bond acceptors (Lipinski definition) is 3. The summed E-state index contributed by atoms with van der Waals surface area (Å²) >= 11 is 1.67. The SMILES string of the molecule is COc1ccc(CSc2ccc(F)cc2)cc1CN. The van der Waals surface area contributed by atoms with E-state index in [9.17, 15) is 4.39 Å². The summed E-state index contributed by atoms with van der Waals surface area (Å²) in [5.74, 6) is 1.43. The molecule has 0 fully saturated rings. The second-order valence-corrected chi connectivity index (χ2v) is 5.14. The van der Waals surface area contributed by atoms with Gasteiger partial charge >= 0.3 is 0 Å². The van der Waals surface area contributed by atoms with Gasteiger partial charge in [-0.25, -0.2) is 4.39 Å². The van der Waals surface area contributed by atoms with Crippen LogP contribution < -0.4 is 10.5 Å². The van der Waals surface area contributed by atoms with Crippen molar-refractivity contribution in [2.45, 2.75) is 17.2 Å². The van der Waals surface area contributed by atoms with Crippen molar-refractivity contribution in [1.29, 1.82) is 0 Å². The average Bonchev–Trinajstić information content (AvgIpc) is 2.46. The first kappa shape index (κ1) is 13.9. The summed E-state index contributed by atoms with van der Waals surface area (Å²) in [4.78, 5) is 1.05. The van der Waals surface area contributed by atoms with Crippen molar-refractivity contribution in [3.63, 3.8) is 0 Å². The van der Waals surface area contributed by atoms with Crippen LogP contribution in [0.2, 0.25) is 0 Å². The first-order chi connectivity index (χ1) is 9.22. The highest BCUT2D eigenvalue weighted by Gasteiger charge is 2.03. The highest BCUT2D eigenvalue weighted by Crippen LogP contribution is 2.26. The van der Waals surface area contributed by atoms with Crippen molar-refractivity contribution >= 4 is 11.8 Å². The average molecular weight is 277 g/mol. The molecule has 0 saturated carbocycles. The van der Waals surface area contributed by atoms with E-state index in [1.165, 1.54) is 17.7 Å². The van der Waals surface area contributed by atoms with Crippen LogP contribution in [-0.4, -0.2) is 7.11 Å². The van der Waals surface area contributed by atoms with Gasteiger partial charge in [0, 0.05) is 22.8 Å². The molecule has 0 aliphatic rings. The molecule has 0 amide bonds. The van der Waals surface area contributed by atoms with Gasteiger partial charge in [0.2, 0.25) is 0 Å².